The molecule has 0 aromatic heterocycles. The predicted molar refractivity (Wildman–Crippen MR) is 72.8 cm³/mol. The maximum Gasteiger partial charge on any atom is 0.0594 e. The van der Waals surface area contributed by atoms with Gasteiger partial charge in [0.05, 0.1) is 13.2 Å². The lowest BCUT2D eigenvalue weighted by Gasteiger charge is -2.33. The van der Waals surface area contributed by atoms with Gasteiger partial charge >= 0.3 is 0 Å². The highest BCUT2D eigenvalue weighted by atomic mass is 16.5. The van der Waals surface area contributed by atoms with E-state index in [2.05, 4.69) is 22.0 Å². The van der Waals surface area contributed by atoms with E-state index in [0.29, 0.717) is 0 Å². The monoisotopic (exact) mass is 253 g/mol. The summed E-state index contributed by atoms with van der Waals surface area (Å²) in [5.74, 6) is 0.869. The van der Waals surface area contributed by atoms with Crippen molar-refractivity contribution in [3.05, 3.63) is 0 Å². The first-order chi connectivity index (χ1) is 8.88. The molecule has 3 heterocycles. The molecule has 0 aliphatic carbocycles. The van der Waals surface area contributed by atoms with E-state index in [0.717, 1.165) is 44.3 Å². The number of hydrogen-bond acceptors (Lipinski definition) is 4. The standard InChI is InChI=1S/C14H27N3O/c1-2-12-9-15-10-14(12)17-4-3-13(11-17)16-5-7-18-8-6-16/h12-15H,2-11H2,1H3. The van der Waals surface area contributed by atoms with Crippen LogP contribution in [0.25, 0.3) is 0 Å². The minimum atomic E-state index is 0.784. The number of ether oxygens (including phenoxy) is 1. The highest BCUT2D eigenvalue weighted by Gasteiger charge is 2.36. The summed E-state index contributed by atoms with van der Waals surface area (Å²) in [4.78, 5) is 5.39. The summed E-state index contributed by atoms with van der Waals surface area (Å²) in [5, 5.41) is 3.57. The van der Waals surface area contributed by atoms with Gasteiger partial charge in [-0.1, -0.05) is 13.3 Å². The normalized spacial score (nSPS) is 39.5. The summed E-state index contributed by atoms with van der Waals surface area (Å²) < 4.78 is 5.46. The van der Waals surface area contributed by atoms with Crippen LogP contribution in [-0.2, 0) is 4.74 Å². The summed E-state index contributed by atoms with van der Waals surface area (Å²) in [6, 6.07) is 1.58. The smallest absolute Gasteiger partial charge is 0.0594 e. The second-order valence-corrected chi connectivity index (χ2v) is 5.98. The summed E-state index contributed by atoms with van der Waals surface area (Å²) in [5.41, 5.74) is 0. The average Bonchev–Trinajstić information content (AvgIpc) is 3.08. The first kappa shape index (κ1) is 12.9. The molecule has 3 saturated heterocycles. The molecule has 0 amide bonds. The molecule has 1 N–H and O–H groups in total. The van der Waals surface area contributed by atoms with E-state index in [9.17, 15) is 0 Å². The minimum absolute atomic E-state index is 0.784. The van der Waals surface area contributed by atoms with Gasteiger partial charge in [-0.3, -0.25) is 9.80 Å². The van der Waals surface area contributed by atoms with E-state index >= 15 is 0 Å². The van der Waals surface area contributed by atoms with Crippen molar-refractivity contribution < 1.29 is 4.74 Å². The van der Waals surface area contributed by atoms with E-state index in [-0.39, 0.29) is 0 Å². The molecule has 0 aromatic rings. The van der Waals surface area contributed by atoms with Crippen molar-refractivity contribution in [1.82, 2.24) is 15.1 Å². The highest BCUT2D eigenvalue weighted by molar-refractivity contribution is 4.94. The molecule has 3 aliphatic rings. The van der Waals surface area contributed by atoms with E-state index in [1.54, 1.807) is 0 Å². The fourth-order valence-corrected chi connectivity index (χ4v) is 3.87. The summed E-state index contributed by atoms with van der Waals surface area (Å²) in [7, 11) is 0. The lowest BCUT2D eigenvalue weighted by atomic mass is 10.00. The van der Waals surface area contributed by atoms with Crippen LogP contribution in [0.2, 0.25) is 0 Å². The molecular formula is C14H27N3O. The fourth-order valence-electron chi connectivity index (χ4n) is 3.87. The van der Waals surface area contributed by atoms with E-state index in [4.69, 9.17) is 4.74 Å². The number of morpholine rings is 1. The van der Waals surface area contributed by atoms with Crippen molar-refractivity contribution in [2.24, 2.45) is 5.92 Å². The Labute approximate surface area is 111 Å². The van der Waals surface area contributed by atoms with Crippen molar-refractivity contribution in [1.29, 1.82) is 0 Å². The van der Waals surface area contributed by atoms with E-state index in [1.807, 2.05) is 0 Å². The summed E-state index contributed by atoms with van der Waals surface area (Å²) >= 11 is 0. The molecule has 104 valence electrons. The minimum Gasteiger partial charge on any atom is -0.379 e. The van der Waals surface area contributed by atoms with Crippen LogP contribution in [-0.4, -0.2) is 74.4 Å². The quantitative estimate of drug-likeness (QED) is 0.787. The van der Waals surface area contributed by atoms with Gasteiger partial charge in [-0.15, -0.1) is 0 Å². The van der Waals surface area contributed by atoms with Crippen molar-refractivity contribution >= 4 is 0 Å². The molecule has 0 bridgehead atoms. The first-order valence-corrected chi connectivity index (χ1v) is 7.65. The molecule has 0 spiro atoms. The van der Waals surface area contributed by atoms with Gasteiger partial charge in [0.25, 0.3) is 0 Å². The lowest BCUT2D eigenvalue weighted by molar-refractivity contribution is 0.0173. The number of nitrogens with zero attached hydrogens (tertiary/aromatic N) is 2. The molecule has 3 aliphatic heterocycles. The Morgan fingerprint density at radius 3 is 2.72 bits per heavy atom. The van der Waals surface area contributed by atoms with Crippen LogP contribution in [0.1, 0.15) is 19.8 Å². The average molecular weight is 253 g/mol. The molecule has 4 heteroatoms. The molecule has 0 saturated carbocycles. The van der Waals surface area contributed by atoms with Crippen LogP contribution >= 0.6 is 0 Å². The van der Waals surface area contributed by atoms with Crippen LogP contribution in [0.15, 0.2) is 0 Å². The molecule has 0 aromatic carbocycles. The van der Waals surface area contributed by atoms with Gasteiger partial charge in [-0.25, -0.2) is 0 Å². The van der Waals surface area contributed by atoms with Crippen LogP contribution in [0.3, 0.4) is 0 Å². The second kappa shape index (κ2) is 5.87. The van der Waals surface area contributed by atoms with Gasteiger partial charge in [0.2, 0.25) is 0 Å². The van der Waals surface area contributed by atoms with Crippen LogP contribution < -0.4 is 5.32 Å². The number of rotatable bonds is 3. The van der Waals surface area contributed by atoms with Crippen LogP contribution in [0.5, 0.6) is 0 Å². The van der Waals surface area contributed by atoms with Gasteiger partial charge in [0.1, 0.15) is 0 Å². The van der Waals surface area contributed by atoms with Crippen molar-refractivity contribution in [3.63, 3.8) is 0 Å². The Morgan fingerprint density at radius 1 is 1.11 bits per heavy atom. The predicted octanol–water partition coefficient (Wildman–Crippen LogP) is 0.391. The second-order valence-electron chi connectivity index (χ2n) is 5.98. The van der Waals surface area contributed by atoms with Gasteiger partial charge in [0, 0.05) is 44.8 Å². The Balaban J connectivity index is 1.54. The number of hydrogen-bond donors (Lipinski definition) is 1. The molecule has 3 fully saturated rings. The Hall–Kier alpha value is -0.160. The third-order valence-corrected chi connectivity index (χ3v) is 5.05. The largest absolute Gasteiger partial charge is 0.379 e. The number of likely N-dealkylation sites (tertiary alicyclic amines) is 1. The number of nitrogens with one attached hydrogen (secondary N) is 1. The summed E-state index contributed by atoms with van der Waals surface area (Å²) in [6.45, 7) is 11.5. The maximum atomic E-state index is 5.46. The van der Waals surface area contributed by atoms with Crippen molar-refractivity contribution in [2.45, 2.75) is 31.8 Å². The van der Waals surface area contributed by atoms with Crippen molar-refractivity contribution in [3.8, 4) is 0 Å². The maximum absolute atomic E-state index is 5.46. The third kappa shape index (κ3) is 2.57. The van der Waals surface area contributed by atoms with Crippen LogP contribution in [0, 0.1) is 5.92 Å². The van der Waals surface area contributed by atoms with Crippen molar-refractivity contribution in [2.75, 3.05) is 52.5 Å². The van der Waals surface area contributed by atoms with E-state index < -0.39 is 0 Å². The Kier molecular flexibility index (Phi) is 4.19. The fraction of sp³-hybridized carbons (Fsp3) is 1.00. The Bertz CT molecular complexity index is 268. The van der Waals surface area contributed by atoms with Gasteiger partial charge in [0.15, 0.2) is 0 Å². The van der Waals surface area contributed by atoms with Gasteiger partial charge in [-0.05, 0) is 18.9 Å². The third-order valence-electron chi connectivity index (χ3n) is 5.05. The zero-order chi connectivity index (χ0) is 12.4. The van der Waals surface area contributed by atoms with Crippen LogP contribution in [0.4, 0.5) is 0 Å². The SMILES string of the molecule is CCC1CNCC1N1CCC(N2CCOCC2)C1. The molecule has 3 unspecified atom stereocenters. The lowest BCUT2D eigenvalue weighted by Crippen LogP contribution is -2.46. The molecule has 4 nitrogen and oxygen atoms in total. The topological polar surface area (TPSA) is 27.7 Å². The molecule has 3 atom stereocenters. The highest BCUT2D eigenvalue weighted by Crippen LogP contribution is 2.25. The molecular weight excluding hydrogens is 226 g/mol. The molecule has 3 rings (SSSR count). The molecule has 0 radical (unpaired) electrons. The molecule has 18 heavy (non-hydrogen) atoms. The van der Waals surface area contributed by atoms with Gasteiger partial charge in [-0.2, -0.15) is 0 Å². The zero-order valence-corrected chi connectivity index (χ0v) is 11.6. The van der Waals surface area contributed by atoms with Gasteiger partial charge < -0.3 is 10.1 Å². The Morgan fingerprint density at radius 2 is 1.94 bits per heavy atom. The zero-order valence-electron chi connectivity index (χ0n) is 11.6. The summed E-state index contributed by atoms with van der Waals surface area (Å²) in [6.07, 6.45) is 2.67. The van der Waals surface area contributed by atoms with E-state index in [1.165, 1.54) is 39.0 Å². The first-order valence-electron chi connectivity index (χ1n) is 7.65.